The number of carbonyl (C=O) groups is 1. The summed E-state index contributed by atoms with van der Waals surface area (Å²) in [5, 5.41) is 14.5. The second-order valence-corrected chi connectivity index (χ2v) is 4.73. The van der Waals surface area contributed by atoms with E-state index in [9.17, 15) is 4.79 Å². The molecular weight excluding hydrogens is 264 g/mol. The van der Waals surface area contributed by atoms with Crippen LogP contribution in [0.1, 0.15) is 15.9 Å². The average molecular weight is 278 g/mol. The van der Waals surface area contributed by atoms with Crippen LogP contribution >= 0.6 is 0 Å². The highest BCUT2D eigenvalue weighted by molar-refractivity contribution is 5.88. The quantitative estimate of drug-likeness (QED) is 0.766. The van der Waals surface area contributed by atoms with Crippen LogP contribution < -0.4 is 5.32 Å². The Bertz CT molecular complexity index is 794. The lowest BCUT2D eigenvalue weighted by Crippen LogP contribution is -2.04. The minimum Gasteiger partial charge on any atom is -0.478 e. The number of benzene rings is 2. The highest BCUT2D eigenvalue weighted by Crippen LogP contribution is 2.19. The molecule has 4 heteroatoms. The van der Waals surface area contributed by atoms with E-state index in [-0.39, 0.29) is 5.56 Å². The summed E-state index contributed by atoms with van der Waals surface area (Å²) in [6.45, 7) is 0.595. The van der Waals surface area contributed by atoms with Gasteiger partial charge in [-0.2, -0.15) is 0 Å². The van der Waals surface area contributed by atoms with Crippen molar-refractivity contribution in [2.75, 3.05) is 5.32 Å². The Labute approximate surface area is 122 Å². The number of nitrogens with zero attached hydrogens (tertiary/aromatic N) is 1. The van der Waals surface area contributed by atoms with Gasteiger partial charge >= 0.3 is 5.97 Å². The Balaban J connectivity index is 1.84. The molecule has 2 aromatic carbocycles. The van der Waals surface area contributed by atoms with Gasteiger partial charge in [-0.3, -0.25) is 0 Å². The molecular formula is C17H14N2O2. The van der Waals surface area contributed by atoms with Gasteiger partial charge in [0.25, 0.3) is 0 Å². The average Bonchev–Trinajstić information content (AvgIpc) is 2.53. The molecule has 21 heavy (non-hydrogen) atoms. The van der Waals surface area contributed by atoms with E-state index in [1.165, 1.54) is 29.1 Å². The Kier molecular flexibility index (Phi) is 3.51. The van der Waals surface area contributed by atoms with E-state index in [2.05, 4.69) is 34.6 Å². The molecule has 2 N–H and O–H groups in total. The van der Waals surface area contributed by atoms with Crippen molar-refractivity contribution in [1.29, 1.82) is 0 Å². The summed E-state index contributed by atoms with van der Waals surface area (Å²) in [6, 6.07) is 17.3. The van der Waals surface area contributed by atoms with Gasteiger partial charge in [0, 0.05) is 12.7 Å². The molecule has 0 aliphatic carbocycles. The van der Waals surface area contributed by atoms with Gasteiger partial charge in [-0.1, -0.05) is 42.5 Å². The van der Waals surface area contributed by atoms with Crippen molar-refractivity contribution < 1.29 is 9.90 Å². The molecule has 1 aromatic heterocycles. The molecule has 0 aliphatic heterocycles. The number of anilines is 1. The molecule has 0 bridgehead atoms. The van der Waals surface area contributed by atoms with E-state index in [1.54, 1.807) is 0 Å². The highest BCUT2D eigenvalue weighted by Gasteiger charge is 2.05. The maximum Gasteiger partial charge on any atom is 0.335 e. The van der Waals surface area contributed by atoms with E-state index in [0.717, 1.165) is 5.56 Å². The fourth-order valence-electron chi connectivity index (χ4n) is 2.29. The number of pyridine rings is 1. The molecule has 0 spiro atoms. The summed E-state index contributed by atoms with van der Waals surface area (Å²) in [6.07, 6.45) is 1.49. The van der Waals surface area contributed by atoms with Crippen LogP contribution in [0.25, 0.3) is 10.8 Å². The minimum absolute atomic E-state index is 0.227. The van der Waals surface area contributed by atoms with Crippen LogP contribution in [-0.2, 0) is 6.54 Å². The number of fused-ring (bicyclic) bond motifs is 1. The lowest BCUT2D eigenvalue weighted by Gasteiger charge is -2.09. The van der Waals surface area contributed by atoms with Crippen molar-refractivity contribution in [3.05, 3.63) is 71.9 Å². The first-order valence-electron chi connectivity index (χ1n) is 6.64. The van der Waals surface area contributed by atoms with Crippen LogP contribution in [0.2, 0.25) is 0 Å². The SMILES string of the molecule is O=C(O)c1ccnc(NCc2cccc3ccccc23)c1. The number of rotatable bonds is 4. The van der Waals surface area contributed by atoms with Crippen LogP contribution in [0, 0.1) is 0 Å². The van der Waals surface area contributed by atoms with Crippen LogP contribution in [0.5, 0.6) is 0 Å². The molecule has 1 heterocycles. The lowest BCUT2D eigenvalue weighted by atomic mass is 10.0. The molecule has 104 valence electrons. The number of carboxylic acids is 1. The van der Waals surface area contributed by atoms with Crippen molar-refractivity contribution in [2.24, 2.45) is 0 Å². The van der Waals surface area contributed by atoms with Gasteiger partial charge in [-0.05, 0) is 28.5 Å². The van der Waals surface area contributed by atoms with E-state index in [1.807, 2.05) is 18.2 Å². The predicted octanol–water partition coefficient (Wildman–Crippen LogP) is 3.55. The topological polar surface area (TPSA) is 62.2 Å². The van der Waals surface area contributed by atoms with Gasteiger partial charge in [0.15, 0.2) is 0 Å². The fourth-order valence-corrected chi connectivity index (χ4v) is 2.29. The zero-order valence-electron chi connectivity index (χ0n) is 11.3. The van der Waals surface area contributed by atoms with Gasteiger partial charge < -0.3 is 10.4 Å². The third-order valence-corrected chi connectivity index (χ3v) is 3.35. The zero-order chi connectivity index (χ0) is 14.7. The van der Waals surface area contributed by atoms with Crippen molar-refractivity contribution >= 4 is 22.6 Å². The number of aromatic carboxylic acids is 1. The summed E-state index contributed by atoms with van der Waals surface area (Å²) in [5.41, 5.74) is 1.38. The van der Waals surface area contributed by atoms with Gasteiger partial charge in [0.1, 0.15) is 5.82 Å². The van der Waals surface area contributed by atoms with E-state index >= 15 is 0 Å². The van der Waals surface area contributed by atoms with E-state index < -0.39 is 5.97 Å². The van der Waals surface area contributed by atoms with Gasteiger partial charge in [-0.25, -0.2) is 9.78 Å². The largest absolute Gasteiger partial charge is 0.478 e. The normalized spacial score (nSPS) is 10.5. The minimum atomic E-state index is -0.953. The second kappa shape index (κ2) is 5.63. The Morgan fingerprint density at radius 2 is 1.90 bits per heavy atom. The maximum atomic E-state index is 10.9. The molecule has 0 saturated carbocycles. The molecule has 0 radical (unpaired) electrons. The summed E-state index contributed by atoms with van der Waals surface area (Å²) in [7, 11) is 0. The summed E-state index contributed by atoms with van der Waals surface area (Å²) >= 11 is 0. The molecule has 0 atom stereocenters. The molecule has 0 saturated heterocycles. The highest BCUT2D eigenvalue weighted by atomic mass is 16.4. The first kappa shape index (κ1) is 13.1. The Hall–Kier alpha value is -2.88. The third kappa shape index (κ3) is 2.84. The summed E-state index contributed by atoms with van der Waals surface area (Å²) < 4.78 is 0. The standard InChI is InChI=1S/C17H14N2O2/c20-17(21)13-8-9-18-16(10-13)19-11-14-6-3-5-12-4-1-2-7-15(12)14/h1-10H,11H2,(H,18,19)(H,20,21). The van der Waals surface area contributed by atoms with Crippen molar-refractivity contribution in [1.82, 2.24) is 4.98 Å². The molecule has 0 amide bonds. The Morgan fingerprint density at radius 3 is 2.76 bits per heavy atom. The number of carboxylic acid groups (broad SMARTS) is 1. The van der Waals surface area contributed by atoms with Crippen LogP contribution in [0.3, 0.4) is 0 Å². The van der Waals surface area contributed by atoms with Gasteiger partial charge in [-0.15, -0.1) is 0 Å². The smallest absolute Gasteiger partial charge is 0.335 e. The molecule has 0 unspecified atom stereocenters. The number of hydrogen-bond acceptors (Lipinski definition) is 3. The number of hydrogen-bond donors (Lipinski definition) is 2. The molecule has 0 aliphatic rings. The predicted molar refractivity (Wildman–Crippen MR) is 82.5 cm³/mol. The molecule has 4 nitrogen and oxygen atoms in total. The van der Waals surface area contributed by atoms with Crippen molar-refractivity contribution in [2.45, 2.75) is 6.54 Å². The summed E-state index contributed by atoms with van der Waals surface area (Å²) in [5.74, 6) is -0.395. The first-order chi connectivity index (χ1) is 10.2. The fraction of sp³-hybridized carbons (Fsp3) is 0.0588. The zero-order valence-corrected chi connectivity index (χ0v) is 11.3. The summed E-state index contributed by atoms with van der Waals surface area (Å²) in [4.78, 5) is 15.1. The van der Waals surface area contributed by atoms with Gasteiger partial charge in [0.05, 0.1) is 5.56 Å². The first-order valence-corrected chi connectivity index (χ1v) is 6.64. The van der Waals surface area contributed by atoms with E-state index in [4.69, 9.17) is 5.11 Å². The maximum absolute atomic E-state index is 10.9. The monoisotopic (exact) mass is 278 g/mol. The molecule has 3 rings (SSSR count). The lowest BCUT2D eigenvalue weighted by molar-refractivity contribution is 0.0697. The van der Waals surface area contributed by atoms with Crippen LogP contribution in [0.4, 0.5) is 5.82 Å². The van der Waals surface area contributed by atoms with Crippen LogP contribution in [-0.4, -0.2) is 16.1 Å². The molecule has 3 aromatic rings. The molecule has 0 fully saturated rings. The van der Waals surface area contributed by atoms with E-state index in [0.29, 0.717) is 12.4 Å². The Morgan fingerprint density at radius 1 is 1.10 bits per heavy atom. The number of nitrogens with one attached hydrogen (secondary N) is 1. The van der Waals surface area contributed by atoms with Crippen molar-refractivity contribution in [3.63, 3.8) is 0 Å². The third-order valence-electron chi connectivity index (χ3n) is 3.35. The van der Waals surface area contributed by atoms with Crippen molar-refractivity contribution in [3.8, 4) is 0 Å². The van der Waals surface area contributed by atoms with Gasteiger partial charge in [0.2, 0.25) is 0 Å². The number of aromatic nitrogens is 1. The van der Waals surface area contributed by atoms with Crippen LogP contribution in [0.15, 0.2) is 60.8 Å². The second-order valence-electron chi connectivity index (χ2n) is 4.73.